The van der Waals surface area contributed by atoms with Crippen LogP contribution in [0.15, 0.2) is 0 Å². The molecule has 71 valence electrons. The standard InChI is InChI=1S/C10H20NO/c1-9(11-2)7-10-5-3-4-6-12-8-10/h9-11H,1,3-8H2,2H3. The lowest BCUT2D eigenvalue weighted by atomic mass is 9.96. The van der Waals surface area contributed by atoms with Gasteiger partial charge in [0.15, 0.2) is 0 Å². The van der Waals surface area contributed by atoms with Gasteiger partial charge in [0.2, 0.25) is 0 Å². The highest BCUT2D eigenvalue weighted by Crippen LogP contribution is 2.18. The lowest BCUT2D eigenvalue weighted by molar-refractivity contribution is 0.111. The van der Waals surface area contributed by atoms with Gasteiger partial charge in [-0.15, -0.1) is 0 Å². The maximum atomic E-state index is 5.50. The summed E-state index contributed by atoms with van der Waals surface area (Å²) in [5.41, 5.74) is 0. The summed E-state index contributed by atoms with van der Waals surface area (Å²) in [6.07, 6.45) is 5.02. The molecule has 0 aliphatic carbocycles. The minimum atomic E-state index is 0.386. The van der Waals surface area contributed by atoms with E-state index in [0.717, 1.165) is 25.6 Å². The third-order valence-corrected chi connectivity index (χ3v) is 2.53. The van der Waals surface area contributed by atoms with E-state index in [1.807, 2.05) is 7.05 Å². The first-order valence-corrected chi connectivity index (χ1v) is 4.91. The zero-order chi connectivity index (χ0) is 8.81. The van der Waals surface area contributed by atoms with Crippen LogP contribution in [0.4, 0.5) is 0 Å². The number of ether oxygens (including phenoxy) is 1. The molecule has 2 unspecified atom stereocenters. The first kappa shape index (κ1) is 10.0. The van der Waals surface area contributed by atoms with Crippen molar-refractivity contribution in [2.45, 2.75) is 31.7 Å². The summed E-state index contributed by atoms with van der Waals surface area (Å²) < 4.78 is 5.50. The molecule has 0 aromatic heterocycles. The molecule has 12 heavy (non-hydrogen) atoms. The van der Waals surface area contributed by atoms with Crippen molar-refractivity contribution in [1.29, 1.82) is 0 Å². The average Bonchev–Trinajstić information content (AvgIpc) is 2.33. The van der Waals surface area contributed by atoms with Gasteiger partial charge in [0, 0.05) is 19.3 Å². The van der Waals surface area contributed by atoms with Crippen molar-refractivity contribution in [2.75, 3.05) is 20.3 Å². The van der Waals surface area contributed by atoms with Crippen LogP contribution in [-0.4, -0.2) is 26.3 Å². The van der Waals surface area contributed by atoms with Crippen molar-refractivity contribution in [3.8, 4) is 0 Å². The Labute approximate surface area is 75.7 Å². The van der Waals surface area contributed by atoms with Crippen LogP contribution in [0.5, 0.6) is 0 Å². The average molecular weight is 170 g/mol. The van der Waals surface area contributed by atoms with Crippen LogP contribution >= 0.6 is 0 Å². The van der Waals surface area contributed by atoms with Gasteiger partial charge in [-0.05, 0) is 39.2 Å². The summed E-state index contributed by atoms with van der Waals surface area (Å²) in [5.74, 6) is 0.724. The van der Waals surface area contributed by atoms with E-state index in [2.05, 4.69) is 12.2 Å². The Balaban J connectivity index is 2.20. The van der Waals surface area contributed by atoms with E-state index in [0.29, 0.717) is 6.04 Å². The number of rotatable bonds is 3. The van der Waals surface area contributed by atoms with Gasteiger partial charge in [-0.25, -0.2) is 0 Å². The predicted molar refractivity (Wildman–Crippen MR) is 51.0 cm³/mol. The quantitative estimate of drug-likeness (QED) is 0.695. The summed E-state index contributed by atoms with van der Waals surface area (Å²) in [5, 5.41) is 3.17. The summed E-state index contributed by atoms with van der Waals surface area (Å²) in [4.78, 5) is 0. The van der Waals surface area contributed by atoms with E-state index in [-0.39, 0.29) is 0 Å². The van der Waals surface area contributed by atoms with E-state index in [1.54, 1.807) is 0 Å². The smallest absolute Gasteiger partial charge is 0.0494 e. The molecular weight excluding hydrogens is 150 g/mol. The fraction of sp³-hybridized carbons (Fsp3) is 0.900. The van der Waals surface area contributed by atoms with Gasteiger partial charge in [0.05, 0.1) is 0 Å². The van der Waals surface area contributed by atoms with Gasteiger partial charge in [0.25, 0.3) is 0 Å². The van der Waals surface area contributed by atoms with Gasteiger partial charge in [-0.3, -0.25) is 0 Å². The first-order chi connectivity index (χ1) is 5.83. The molecule has 0 aromatic rings. The molecule has 1 saturated heterocycles. The minimum Gasteiger partial charge on any atom is -0.381 e. The molecule has 1 aliphatic rings. The maximum absolute atomic E-state index is 5.50. The molecule has 1 rings (SSSR count). The first-order valence-electron chi connectivity index (χ1n) is 4.91. The molecule has 0 amide bonds. The Morgan fingerprint density at radius 3 is 3.17 bits per heavy atom. The topological polar surface area (TPSA) is 21.3 Å². The Morgan fingerprint density at radius 2 is 2.42 bits per heavy atom. The lowest BCUT2D eigenvalue weighted by Gasteiger charge is -2.17. The third-order valence-electron chi connectivity index (χ3n) is 2.53. The Hall–Kier alpha value is -0.0800. The SMILES string of the molecule is [CH2]C(CC1CCCCOC1)NC. The highest BCUT2D eigenvalue weighted by molar-refractivity contribution is 4.73. The van der Waals surface area contributed by atoms with Crippen LogP contribution in [-0.2, 0) is 4.74 Å². The maximum Gasteiger partial charge on any atom is 0.0494 e. The van der Waals surface area contributed by atoms with Crippen molar-refractivity contribution in [3.63, 3.8) is 0 Å². The van der Waals surface area contributed by atoms with Gasteiger partial charge >= 0.3 is 0 Å². The molecular formula is C10H20NO. The van der Waals surface area contributed by atoms with Crippen molar-refractivity contribution < 1.29 is 4.74 Å². The number of hydrogen-bond acceptors (Lipinski definition) is 2. The predicted octanol–water partition coefficient (Wildman–Crippen LogP) is 1.62. The molecule has 2 nitrogen and oxygen atoms in total. The third kappa shape index (κ3) is 3.55. The van der Waals surface area contributed by atoms with Crippen LogP contribution < -0.4 is 5.32 Å². The molecule has 0 bridgehead atoms. The Bertz CT molecular complexity index is 108. The molecule has 1 N–H and O–H groups in total. The molecule has 0 spiro atoms. The molecule has 0 aromatic carbocycles. The van der Waals surface area contributed by atoms with Crippen LogP contribution in [0.2, 0.25) is 0 Å². The van der Waals surface area contributed by atoms with Gasteiger partial charge in [0.1, 0.15) is 0 Å². The number of hydrogen-bond donors (Lipinski definition) is 1. The normalized spacial score (nSPS) is 28.0. The van der Waals surface area contributed by atoms with Gasteiger partial charge in [-0.1, -0.05) is 6.42 Å². The second-order valence-corrected chi connectivity index (χ2v) is 3.66. The zero-order valence-electron chi connectivity index (χ0n) is 8.01. The molecule has 2 heteroatoms. The minimum absolute atomic E-state index is 0.386. The largest absolute Gasteiger partial charge is 0.381 e. The van der Waals surface area contributed by atoms with E-state index < -0.39 is 0 Å². The van der Waals surface area contributed by atoms with Crippen molar-refractivity contribution in [3.05, 3.63) is 6.92 Å². The van der Waals surface area contributed by atoms with Crippen LogP contribution in [0, 0.1) is 12.8 Å². The van der Waals surface area contributed by atoms with Crippen molar-refractivity contribution in [1.82, 2.24) is 5.32 Å². The molecule has 1 fully saturated rings. The molecule has 2 atom stereocenters. The summed E-state index contributed by atoms with van der Waals surface area (Å²) in [7, 11) is 1.97. The van der Waals surface area contributed by atoms with E-state index >= 15 is 0 Å². The van der Waals surface area contributed by atoms with Crippen LogP contribution in [0.3, 0.4) is 0 Å². The number of nitrogens with one attached hydrogen (secondary N) is 1. The molecule has 0 saturated carbocycles. The summed E-state index contributed by atoms with van der Waals surface area (Å²) in [6, 6.07) is 0.386. The molecule has 1 aliphatic heterocycles. The lowest BCUT2D eigenvalue weighted by Crippen LogP contribution is -2.26. The molecule has 1 heterocycles. The van der Waals surface area contributed by atoms with Gasteiger partial charge in [-0.2, -0.15) is 0 Å². The highest BCUT2D eigenvalue weighted by atomic mass is 16.5. The fourth-order valence-electron chi connectivity index (χ4n) is 1.68. The highest BCUT2D eigenvalue weighted by Gasteiger charge is 2.14. The Kier molecular flexibility index (Phi) is 4.62. The van der Waals surface area contributed by atoms with E-state index in [9.17, 15) is 0 Å². The van der Waals surface area contributed by atoms with Crippen LogP contribution in [0.25, 0.3) is 0 Å². The fourth-order valence-corrected chi connectivity index (χ4v) is 1.68. The Morgan fingerprint density at radius 1 is 1.58 bits per heavy atom. The molecule has 1 radical (unpaired) electrons. The summed E-state index contributed by atoms with van der Waals surface area (Å²) in [6.45, 7) is 5.91. The van der Waals surface area contributed by atoms with Gasteiger partial charge < -0.3 is 10.1 Å². The zero-order valence-corrected chi connectivity index (χ0v) is 8.01. The van der Waals surface area contributed by atoms with E-state index in [1.165, 1.54) is 19.3 Å². The monoisotopic (exact) mass is 170 g/mol. The van der Waals surface area contributed by atoms with Crippen molar-refractivity contribution >= 4 is 0 Å². The second kappa shape index (κ2) is 5.55. The van der Waals surface area contributed by atoms with Crippen molar-refractivity contribution in [2.24, 2.45) is 5.92 Å². The van der Waals surface area contributed by atoms with Crippen LogP contribution in [0.1, 0.15) is 25.7 Å². The van der Waals surface area contributed by atoms with E-state index in [4.69, 9.17) is 4.74 Å². The summed E-state index contributed by atoms with van der Waals surface area (Å²) >= 11 is 0. The second-order valence-electron chi connectivity index (χ2n) is 3.66.